The highest BCUT2D eigenvalue weighted by Gasteiger charge is 2.11. The summed E-state index contributed by atoms with van der Waals surface area (Å²) in [4.78, 5) is 9.82. The third kappa shape index (κ3) is 3.01. The predicted molar refractivity (Wildman–Crippen MR) is 59.7 cm³/mol. The van der Waals surface area contributed by atoms with Crippen LogP contribution in [0.15, 0.2) is 16.5 Å². The van der Waals surface area contributed by atoms with Gasteiger partial charge in [0.1, 0.15) is 21.2 Å². The maximum absolute atomic E-state index is 9.82. The van der Waals surface area contributed by atoms with Gasteiger partial charge >= 0.3 is 5.97 Å². The van der Waals surface area contributed by atoms with Crippen molar-refractivity contribution in [1.82, 2.24) is 0 Å². The molecule has 0 radical (unpaired) electrons. The lowest BCUT2D eigenvalue weighted by Crippen LogP contribution is -1.95. The van der Waals surface area contributed by atoms with E-state index in [0.717, 1.165) is 0 Å². The molecule has 0 aliphatic rings. The van der Waals surface area contributed by atoms with Crippen LogP contribution in [0.5, 0.6) is 0 Å². The van der Waals surface area contributed by atoms with Crippen LogP contribution in [-0.4, -0.2) is 12.6 Å². The van der Waals surface area contributed by atoms with Crippen molar-refractivity contribution in [2.75, 3.05) is 6.61 Å². The number of fused-ring (bicyclic) bond motifs is 2. The second-order valence-corrected chi connectivity index (χ2v) is 3.47. The van der Waals surface area contributed by atoms with E-state index in [0.29, 0.717) is 27.8 Å². The largest absolute Gasteiger partial charge is 0.466 e. The van der Waals surface area contributed by atoms with Gasteiger partial charge in [-0.25, -0.2) is 0 Å². The Morgan fingerprint density at radius 3 is 1.93 bits per heavy atom. The van der Waals surface area contributed by atoms with Crippen LogP contribution < -0.4 is 0 Å². The molecule has 0 saturated heterocycles. The molecule has 0 fully saturated rings. The van der Waals surface area contributed by atoms with E-state index in [4.69, 9.17) is 27.6 Å². The van der Waals surface area contributed by atoms with Gasteiger partial charge in [-0.15, -0.1) is 0 Å². The Bertz CT molecular complexity index is 405. The number of hydrogen-bond acceptors (Lipinski definition) is 3. The number of esters is 1. The van der Waals surface area contributed by atoms with Crippen LogP contribution >= 0.6 is 23.2 Å². The molecule has 2 bridgehead atoms. The number of benzene rings is 1. The van der Waals surface area contributed by atoms with Crippen LogP contribution in [0.4, 0.5) is 0 Å². The molecule has 0 unspecified atom stereocenters. The Morgan fingerprint density at radius 1 is 1.33 bits per heavy atom. The van der Waals surface area contributed by atoms with E-state index >= 15 is 0 Å². The molecule has 0 atom stereocenters. The highest BCUT2D eigenvalue weighted by Crippen LogP contribution is 2.36. The summed E-state index contributed by atoms with van der Waals surface area (Å²) < 4.78 is 9.48. The van der Waals surface area contributed by atoms with Gasteiger partial charge in [-0.2, -0.15) is 0 Å². The average Bonchev–Trinajstić information content (AvgIpc) is 2.72. The Balaban J connectivity index is 0.000000167. The topological polar surface area (TPSA) is 39.4 Å². The van der Waals surface area contributed by atoms with Crippen LogP contribution in [-0.2, 0) is 9.53 Å². The highest BCUT2D eigenvalue weighted by molar-refractivity contribution is 6.46. The minimum Gasteiger partial charge on any atom is -0.466 e. The van der Waals surface area contributed by atoms with Crippen LogP contribution in [0.25, 0.3) is 11.2 Å². The molecular weight excluding hydrogens is 239 g/mol. The molecule has 82 valence electrons. The number of ether oxygens (including phenoxy) is 1. The standard InChI is InChI=1S/C6H2Cl2O.C4H8O2/c7-5-3-1-2-4(9-3)6(5)8;1-3-6-4(2)5/h1-2H;3H2,1-2H3. The minimum atomic E-state index is -0.211. The zero-order valence-electron chi connectivity index (χ0n) is 8.34. The van der Waals surface area contributed by atoms with Gasteiger partial charge in [0.15, 0.2) is 0 Å². The molecule has 0 N–H and O–H groups in total. The van der Waals surface area contributed by atoms with E-state index in [9.17, 15) is 4.79 Å². The van der Waals surface area contributed by atoms with Crippen molar-refractivity contribution in [2.24, 2.45) is 0 Å². The van der Waals surface area contributed by atoms with E-state index in [1.54, 1.807) is 19.1 Å². The lowest BCUT2D eigenvalue weighted by molar-refractivity contribution is -0.140. The van der Waals surface area contributed by atoms with Gasteiger partial charge < -0.3 is 9.15 Å². The first kappa shape index (κ1) is 12.1. The van der Waals surface area contributed by atoms with Crippen molar-refractivity contribution in [3.8, 4) is 0 Å². The summed E-state index contributed by atoms with van der Waals surface area (Å²) in [6.45, 7) is 3.65. The maximum atomic E-state index is 9.82. The molecule has 2 aromatic heterocycles. The lowest BCUT2D eigenvalue weighted by Gasteiger charge is -1.89. The number of rotatable bonds is 1. The summed E-state index contributed by atoms with van der Waals surface area (Å²) >= 11 is 11.3. The molecule has 2 rings (SSSR count). The fourth-order valence-electron chi connectivity index (χ4n) is 0.993. The summed E-state index contributed by atoms with van der Waals surface area (Å²) in [7, 11) is 0. The molecule has 0 aromatic carbocycles. The van der Waals surface area contributed by atoms with Gasteiger partial charge in [-0.3, -0.25) is 4.79 Å². The lowest BCUT2D eigenvalue weighted by atomic mass is 10.4. The summed E-state index contributed by atoms with van der Waals surface area (Å²) in [5.41, 5.74) is 1.33. The first-order valence-electron chi connectivity index (χ1n) is 4.35. The quantitative estimate of drug-likeness (QED) is 0.722. The number of carbonyl (C=O) groups excluding carboxylic acids is 1. The summed E-state index contributed by atoms with van der Waals surface area (Å²) in [6.07, 6.45) is 0. The highest BCUT2D eigenvalue weighted by atomic mass is 35.5. The molecule has 0 spiro atoms. The normalized spacial score (nSPS) is 9.87. The second kappa shape index (κ2) is 5.24. The summed E-state index contributed by atoms with van der Waals surface area (Å²) in [6, 6.07) is 3.59. The molecule has 3 nitrogen and oxygen atoms in total. The Labute approximate surface area is 97.2 Å². The first-order chi connectivity index (χ1) is 7.06. The van der Waals surface area contributed by atoms with Crippen LogP contribution in [0.1, 0.15) is 13.8 Å². The van der Waals surface area contributed by atoms with Gasteiger partial charge in [0, 0.05) is 6.92 Å². The van der Waals surface area contributed by atoms with Crippen molar-refractivity contribution < 1.29 is 13.9 Å². The van der Waals surface area contributed by atoms with Crippen molar-refractivity contribution in [2.45, 2.75) is 13.8 Å². The van der Waals surface area contributed by atoms with Gasteiger partial charge in [0.05, 0.1) is 6.61 Å². The van der Waals surface area contributed by atoms with Crippen molar-refractivity contribution in [3.63, 3.8) is 0 Å². The minimum absolute atomic E-state index is 0.211. The molecule has 2 heterocycles. The smallest absolute Gasteiger partial charge is 0.302 e. The number of furan rings is 2. The Morgan fingerprint density at radius 2 is 1.80 bits per heavy atom. The Hall–Kier alpha value is -0.930. The SMILES string of the molecule is CCOC(C)=O.Clc1c(Cl)c2ccc1o2. The van der Waals surface area contributed by atoms with Crippen molar-refractivity contribution >= 4 is 40.3 Å². The zero-order chi connectivity index (χ0) is 11.4. The van der Waals surface area contributed by atoms with Crippen molar-refractivity contribution in [1.29, 1.82) is 0 Å². The van der Waals surface area contributed by atoms with Gasteiger partial charge in [0.25, 0.3) is 0 Å². The van der Waals surface area contributed by atoms with Crippen LogP contribution in [0.2, 0.25) is 10.0 Å². The van der Waals surface area contributed by atoms with Crippen molar-refractivity contribution in [3.05, 3.63) is 22.2 Å². The molecule has 0 aliphatic carbocycles. The maximum Gasteiger partial charge on any atom is 0.302 e. The van der Waals surface area contributed by atoms with E-state index in [1.807, 2.05) is 0 Å². The van der Waals surface area contributed by atoms with Gasteiger partial charge in [-0.05, 0) is 19.1 Å². The number of hydrogen-bond donors (Lipinski definition) is 0. The number of halogens is 2. The third-order valence-electron chi connectivity index (χ3n) is 1.58. The molecule has 15 heavy (non-hydrogen) atoms. The predicted octanol–water partition coefficient (Wildman–Crippen LogP) is 3.75. The second-order valence-electron chi connectivity index (χ2n) is 2.72. The van der Waals surface area contributed by atoms with Crippen LogP contribution in [0.3, 0.4) is 0 Å². The average molecular weight is 249 g/mol. The number of carbonyl (C=O) groups is 1. The first-order valence-corrected chi connectivity index (χ1v) is 5.11. The fraction of sp³-hybridized carbons (Fsp3) is 0.300. The van der Waals surface area contributed by atoms with Gasteiger partial charge in [0.2, 0.25) is 0 Å². The summed E-state index contributed by atoms with van der Waals surface area (Å²) in [5, 5.41) is 1.04. The molecule has 0 aliphatic heterocycles. The molecule has 2 aromatic rings. The Kier molecular flexibility index (Phi) is 4.24. The summed E-state index contributed by atoms with van der Waals surface area (Å²) in [5.74, 6) is -0.211. The van der Waals surface area contributed by atoms with E-state index < -0.39 is 0 Å². The molecular formula is C10H10Cl2O3. The molecule has 5 heteroatoms. The zero-order valence-corrected chi connectivity index (χ0v) is 9.85. The van der Waals surface area contributed by atoms with Crippen LogP contribution in [0, 0.1) is 0 Å². The van der Waals surface area contributed by atoms with E-state index in [1.165, 1.54) is 6.92 Å². The fourth-order valence-corrected chi connectivity index (χ4v) is 1.38. The molecule has 0 amide bonds. The third-order valence-corrected chi connectivity index (χ3v) is 2.43. The van der Waals surface area contributed by atoms with E-state index in [2.05, 4.69) is 4.74 Å². The van der Waals surface area contributed by atoms with Gasteiger partial charge in [-0.1, -0.05) is 23.2 Å². The monoisotopic (exact) mass is 248 g/mol. The molecule has 0 saturated carbocycles. The van der Waals surface area contributed by atoms with E-state index in [-0.39, 0.29) is 5.97 Å².